The fourth-order valence-electron chi connectivity index (χ4n) is 1.99. The molecule has 1 heterocycles. The molecule has 0 spiro atoms. The molecule has 0 atom stereocenters. The Labute approximate surface area is 136 Å². The lowest BCUT2D eigenvalue weighted by molar-refractivity contribution is -0.139. The zero-order chi connectivity index (χ0) is 16.2. The quantitative estimate of drug-likeness (QED) is 0.765. The van der Waals surface area contributed by atoms with Gasteiger partial charge in [-0.05, 0) is 35.9 Å². The third-order valence-corrected chi connectivity index (χ3v) is 3.30. The summed E-state index contributed by atoms with van der Waals surface area (Å²) in [4.78, 5) is 14.8. The van der Waals surface area contributed by atoms with Gasteiger partial charge in [0.1, 0.15) is 16.3 Å². The predicted octanol–water partition coefficient (Wildman–Crippen LogP) is 4.03. The first-order valence-electron chi connectivity index (χ1n) is 6.79. The Morgan fingerprint density at radius 3 is 2.65 bits per heavy atom. The average molecular weight is 330 g/mol. The summed E-state index contributed by atoms with van der Waals surface area (Å²) in [5.41, 5.74) is 2.23. The monoisotopic (exact) mass is 329 g/mol. The minimum atomic E-state index is -1.02. The van der Waals surface area contributed by atoms with E-state index in [0.717, 1.165) is 11.1 Å². The number of ether oxygens (including phenoxy) is 1. The number of nitrogens with zero attached hydrogens (tertiary/aromatic N) is 1. The van der Waals surface area contributed by atoms with Gasteiger partial charge in [0.05, 0.1) is 0 Å². The summed E-state index contributed by atoms with van der Waals surface area (Å²) in [6.07, 6.45) is 1.72. The van der Waals surface area contributed by atoms with Gasteiger partial charge < -0.3 is 14.3 Å². The number of carbonyl (C=O) groups is 1. The summed E-state index contributed by atoms with van der Waals surface area (Å²) in [6.45, 7) is -0.376. The molecule has 116 valence electrons. The van der Waals surface area contributed by atoms with Crippen molar-refractivity contribution in [2.75, 3.05) is 6.61 Å². The Kier molecular flexibility index (Phi) is 4.30. The van der Waals surface area contributed by atoms with Crippen molar-refractivity contribution in [3.05, 3.63) is 60.0 Å². The van der Waals surface area contributed by atoms with Crippen molar-refractivity contribution < 1.29 is 19.1 Å². The molecule has 0 bridgehead atoms. The highest BCUT2D eigenvalue weighted by Crippen LogP contribution is 2.26. The van der Waals surface area contributed by atoms with E-state index in [0.29, 0.717) is 22.3 Å². The standard InChI is InChI=1S/C17H12ClNO4/c18-13(17-19-14-3-1-2-4-15(14)23-17)9-11-5-7-12(8-6-11)22-10-16(20)21/h1-9H,10H2,(H,20,21). The second kappa shape index (κ2) is 6.54. The molecule has 0 unspecified atom stereocenters. The van der Waals surface area contributed by atoms with Gasteiger partial charge in [-0.1, -0.05) is 35.9 Å². The Bertz CT molecular complexity index is 835. The first-order chi connectivity index (χ1) is 11.1. The van der Waals surface area contributed by atoms with Crippen molar-refractivity contribution >= 4 is 39.8 Å². The van der Waals surface area contributed by atoms with Crippen LogP contribution >= 0.6 is 11.6 Å². The number of aromatic nitrogens is 1. The van der Waals surface area contributed by atoms with Crippen LogP contribution in [0.4, 0.5) is 0 Å². The van der Waals surface area contributed by atoms with Crippen LogP contribution in [0.3, 0.4) is 0 Å². The number of hydrogen-bond donors (Lipinski definition) is 1. The van der Waals surface area contributed by atoms with Crippen LogP contribution in [0, 0.1) is 0 Å². The molecule has 5 nitrogen and oxygen atoms in total. The van der Waals surface area contributed by atoms with E-state index >= 15 is 0 Å². The lowest BCUT2D eigenvalue weighted by Crippen LogP contribution is -2.09. The zero-order valence-electron chi connectivity index (χ0n) is 11.9. The largest absolute Gasteiger partial charge is 0.482 e. The van der Waals surface area contributed by atoms with Gasteiger partial charge in [-0.25, -0.2) is 9.78 Å². The number of fused-ring (bicyclic) bond motifs is 1. The first kappa shape index (κ1) is 15.1. The lowest BCUT2D eigenvalue weighted by Gasteiger charge is -2.03. The number of oxazole rings is 1. The number of benzene rings is 2. The molecule has 0 amide bonds. The van der Waals surface area contributed by atoms with Crippen LogP contribution in [0.15, 0.2) is 52.9 Å². The molecule has 3 rings (SSSR count). The molecular weight excluding hydrogens is 318 g/mol. The van der Waals surface area contributed by atoms with Gasteiger partial charge in [0.2, 0.25) is 5.89 Å². The Morgan fingerprint density at radius 1 is 1.22 bits per heavy atom. The maximum atomic E-state index is 10.4. The fourth-order valence-corrected chi connectivity index (χ4v) is 2.19. The maximum absolute atomic E-state index is 10.4. The molecule has 1 N–H and O–H groups in total. The molecule has 0 aliphatic heterocycles. The minimum absolute atomic E-state index is 0.346. The van der Waals surface area contributed by atoms with Crippen molar-refractivity contribution in [3.8, 4) is 5.75 Å². The summed E-state index contributed by atoms with van der Waals surface area (Å²) < 4.78 is 10.7. The van der Waals surface area contributed by atoms with E-state index in [1.165, 1.54) is 0 Å². The van der Waals surface area contributed by atoms with E-state index in [1.807, 2.05) is 24.3 Å². The van der Waals surface area contributed by atoms with Crippen molar-refractivity contribution in [3.63, 3.8) is 0 Å². The highest BCUT2D eigenvalue weighted by molar-refractivity contribution is 6.50. The van der Waals surface area contributed by atoms with E-state index in [9.17, 15) is 4.79 Å². The van der Waals surface area contributed by atoms with Gasteiger partial charge in [-0.2, -0.15) is 0 Å². The zero-order valence-corrected chi connectivity index (χ0v) is 12.7. The molecule has 0 aliphatic rings. The Morgan fingerprint density at radius 2 is 1.96 bits per heavy atom. The SMILES string of the molecule is O=C(O)COc1ccc(C=C(Cl)c2nc3ccccc3o2)cc1. The van der Waals surface area contributed by atoms with Gasteiger partial charge in [-0.15, -0.1) is 0 Å². The molecule has 0 radical (unpaired) electrons. The number of rotatable bonds is 5. The van der Waals surface area contributed by atoms with E-state index < -0.39 is 5.97 Å². The first-order valence-corrected chi connectivity index (χ1v) is 7.17. The normalized spacial score (nSPS) is 11.6. The topological polar surface area (TPSA) is 72.6 Å². The van der Waals surface area contributed by atoms with Gasteiger partial charge >= 0.3 is 5.97 Å². The number of halogens is 1. The number of hydrogen-bond acceptors (Lipinski definition) is 4. The molecule has 1 aromatic heterocycles. The van der Waals surface area contributed by atoms with Crippen molar-refractivity contribution in [2.24, 2.45) is 0 Å². The molecular formula is C17H12ClNO4. The summed E-state index contributed by atoms with van der Waals surface area (Å²) in [5.74, 6) is -0.199. The third kappa shape index (κ3) is 3.70. The van der Waals surface area contributed by atoms with Crippen LogP contribution in [0.5, 0.6) is 5.75 Å². The highest BCUT2D eigenvalue weighted by atomic mass is 35.5. The summed E-state index contributed by atoms with van der Waals surface area (Å²) >= 11 is 6.25. The van der Waals surface area contributed by atoms with Crippen LogP contribution in [0.1, 0.15) is 11.5 Å². The fraction of sp³-hybridized carbons (Fsp3) is 0.0588. The lowest BCUT2D eigenvalue weighted by atomic mass is 10.2. The van der Waals surface area contributed by atoms with Gasteiger partial charge in [0.15, 0.2) is 12.2 Å². The van der Waals surface area contributed by atoms with E-state index in [-0.39, 0.29) is 6.61 Å². The van der Waals surface area contributed by atoms with Crippen LogP contribution in [0.2, 0.25) is 0 Å². The van der Waals surface area contributed by atoms with Crippen LogP contribution < -0.4 is 4.74 Å². The molecule has 6 heteroatoms. The molecule has 2 aromatic carbocycles. The highest BCUT2D eigenvalue weighted by Gasteiger charge is 2.08. The average Bonchev–Trinajstić information content (AvgIpc) is 2.98. The van der Waals surface area contributed by atoms with Crippen LogP contribution in [0.25, 0.3) is 22.2 Å². The van der Waals surface area contributed by atoms with Crippen molar-refractivity contribution in [1.29, 1.82) is 0 Å². The van der Waals surface area contributed by atoms with E-state index in [2.05, 4.69) is 4.98 Å². The molecule has 0 saturated carbocycles. The number of carboxylic acid groups (broad SMARTS) is 1. The molecule has 0 saturated heterocycles. The number of para-hydroxylation sites is 2. The van der Waals surface area contributed by atoms with Gasteiger partial charge in [0, 0.05) is 0 Å². The summed E-state index contributed by atoms with van der Waals surface area (Å²) in [6, 6.07) is 14.3. The Hall–Kier alpha value is -2.79. The number of carboxylic acids is 1. The van der Waals surface area contributed by atoms with Crippen molar-refractivity contribution in [1.82, 2.24) is 4.98 Å². The van der Waals surface area contributed by atoms with E-state index in [1.54, 1.807) is 30.3 Å². The summed E-state index contributed by atoms with van der Waals surface area (Å²) in [7, 11) is 0. The minimum Gasteiger partial charge on any atom is -0.482 e. The molecule has 23 heavy (non-hydrogen) atoms. The van der Waals surface area contributed by atoms with Gasteiger partial charge in [-0.3, -0.25) is 0 Å². The third-order valence-electron chi connectivity index (χ3n) is 3.03. The molecule has 0 aliphatic carbocycles. The van der Waals surface area contributed by atoms with Crippen LogP contribution in [-0.2, 0) is 4.79 Å². The smallest absolute Gasteiger partial charge is 0.341 e. The second-order valence-electron chi connectivity index (χ2n) is 4.73. The van der Waals surface area contributed by atoms with E-state index in [4.69, 9.17) is 25.9 Å². The van der Waals surface area contributed by atoms with Crippen LogP contribution in [-0.4, -0.2) is 22.7 Å². The Balaban J connectivity index is 1.78. The summed E-state index contributed by atoms with van der Waals surface area (Å²) in [5, 5.41) is 8.94. The maximum Gasteiger partial charge on any atom is 0.341 e. The number of aliphatic carboxylic acids is 1. The molecule has 3 aromatic rings. The van der Waals surface area contributed by atoms with Crippen molar-refractivity contribution in [2.45, 2.75) is 0 Å². The predicted molar refractivity (Wildman–Crippen MR) is 87.3 cm³/mol. The van der Waals surface area contributed by atoms with Gasteiger partial charge in [0.25, 0.3) is 0 Å². The molecule has 0 fully saturated rings. The second-order valence-corrected chi connectivity index (χ2v) is 5.14.